The second kappa shape index (κ2) is 5.35. The van der Waals surface area contributed by atoms with E-state index in [-0.39, 0.29) is 11.9 Å². The van der Waals surface area contributed by atoms with E-state index in [1.807, 2.05) is 5.32 Å². The highest BCUT2D eigenvalue weighted by Crippen LogP contribution is 2.29. The van der Waals surface area contributed by atoms with Crippen LogP contribution in [0.2, 0.25) is 0 Å². The minimum Gasteiger partial charge on any atom is -0.478 e. The molecule has 96 valence electrons. The molecule has 7 heteroatoms. The summed E-state index contributed by atoms with van der Waals surface area (Å²) in [4.78, 5) is 10.7. The molecule has 0 amide bonds. The Morgan fingerprint density at radius 3 is 2.22 bits per heavy atom. The molecule has 3 N–H and O–H groups in total. The first-order chi connectivity index (χ1) is 8.36. The molecule has 0 fully saturated rings. The summed E-state index contributed by atoms with van der Waals surface area (Å²) in [6.07, 6.45) is -4.73. The first-order valence-electron chi connectivity index (χ1n) is 4.73. The van der Waals surface area contributed by atoms with Crippen LogP contribution in [-0.4, -0.2) is 23.5 Å². The fraction of sp³-hybridized carbons (Fsp3) is 0.0909. The summed E-state index contributed by atoms with van der Waals surface area (Å²) in [6.45, 7) is 0. The summed E-state index contributed by atoms with van der Waals surface area (Å²) in [5.41, 5.74) is -2.53. The van der Waals surface area contributed by atoms with E-state index in [1.165, 1.54) is 24.3 Å². The SMILES string of the molecule is N=C/C(C(=O)O)=C(\Nc1ccccc1)C(F)(F)F. The highest BCUT2D eigenvalue weighted by molar-refractivity contribution is 6.08. The van der Waals surface area contributed by atoms with Gasteiger partial charge in [-0.25, -0.2) is 4.79 Å². The second-order valence-electron chi connectivity index (χ2n) is 3.23. The normalized spacial score (nSPS) is 12.6. The van der Waals surface area contributed by atoms with Gasteiger partial charge in [0.1, 0.15) is 11.3 Å². The van der Waals surface area contributed by atoms with Gasteiger partial charge in [0.05, 0.1) is 0 Å². The lowest BCUT2D eigenvalue weighted by Crippen LogP contribution is -2.24. The summed E-state index contributed by atoms with van der Waals surface area (Å²) in [7, 11) is 0. The molecule has 1 rings (SSSR count). The number of hydrogen-bond donors (Lipinski definition) is 3. The summed E-state index contributed by atoms with van der Waals surface area (Å²) < 4.78 is 38.1. The van der Waals surface area contributed by atoms with Crippen LogP contribution in [0.3, 0.4) is 0 Å². The number of carboxylic acid groups (broad SMARTS) is 1. The van der Waals surface area contributed by atoms with E-state index in [4.69, 9.17) is 10.5 Å². The number of carboxylic acids is 1. The largest absolute Gasteiger partial charge is 0.478 e. The van der Waals surface area contributed by atoms with Gasteiger partial charge in [-0.15, -0.1) is 0 Å². The van der Waals surface area contributed by atoms with Gasteiger partial charge >= 0.3 is 12.1 Å². The molecule has 0 heterocycles. The van der Waals surface area contributed by atoms with Crippen LogP contribution in [0.5, 0.6) is 0 Å². The van der Waals surface area contributed by atoms with Gasteiger partial charge in [-0.3, -0.25) is 0 Å². The van der Waals surface area contributed by atoms with Crippen molar-refractivity contribution in [3.63, 3.8) is 0 Å². The third-order valence-corrected chi connectivity index (χ3v) is 1.97. The number of aliphatic carboxylic acids is 1. The lowest BCUT2D eigenvalue weighted by molar-refractivity contribution is -0.133. The molecule has 0 unspecified atom stereocenters. The average Bonchev–Trinajstić information content (AvgIpc) is 2.28. The predicted molar refractivity (Wildman–Crippen MR) is 59.6 cm³/mol. The summed E-state index contributed by atoms with van der Waals surface area (Å²) in [5.74, 6) is -1.82. The monoisotopic (exact) mass is 258 g/mol. The molecule has 4 nitrogen and oxygen atoms in total. The van der Waals surface area contributed by atoms with Crippen molar-refractivity contribution in [1.82, 2.24) is 0 Å². The number of rotatable bonds is 4. The van der Waals surface area contributed by atoms with E-state index in [1.54, 1.807) is 6.07 Å². The second-order valence-corrected chi connectivity index (χ2v) is 3.23. The zero-order valence-electron chi connectivity index (χ0n) is 8.95. The molecule has 0 aliphatic carbocycles. The van der Waals surface area contributed by atoms with E-state index >= 15 is 0 Å². The maximum Gasteiger partial charge on any atom is 0.432 e. The van der Waals surface area contributed by atoms with Gasteiger partial charge in [0, 0.05) is 11.9 Å². The molecule has 0 spiro atoms. The number of alkyl halides is 3. The predicted octanol–water partition coefficient (Wildman–Crippen LogP) is 2.65. The Balaban J connectivity index is 3.24. The molecule has 0 saturated carbocycles. The lowest BCUT2D eigenvalue weighted by atomic mass is 10.2. The molecule has 0 radical (unpaired) electrons. The highest BCUT2D eigenvalue weighted by atomic mass is 19.4. The average molecular weight is 258 g/mol. The van der Waals surface area contributed by atoms with Gasteiger partial charge < -0.3 is 15.8 Å². The summed E-state index contributed by atoms with van der Waals surface area (Å²) in [5, 5.41) is 17.4. The highest BCUT2D eigenvalue weighted by Gasteiger charge is 2.38. The first kappa shape index (κ1) is 13.8. The summed E-state index contributed by atoms with van der Waals surface area (Å²) in [6, 6.07) is 7.32. The van der Waals surface area contributed by atoms with Crippen LogP contribution in [0, 0.1) is 5.41 Å². The molecule has 0 bridgehead atoms. The fourth-order valence-corrected chi connectivity index (χ4v) is 1.20. The van der Waals surface area contributed by atoms with Crippen LogP contribution >= 0.6 is 0 Å². The molecule has 1 aromatic rings. The van der Waals surface area contributed by atoms with E-state index < -0.39 is 23.4 Å². The zero-order chi connectivity index (χ0) is 13.8. The van der Waals surface area contributed by atoms with Gasteiger partial charge in [0.25, 0.3) is 0 Å². The van der Waals surface area contributed by atoms with Crippen molar-refractivity contribution < 1.29 is 23.1 Å². The minimum atomic E-state index is -4.89. The molecular weight excluding hydrogens is 249 g/mol. The Hall–Kier alpha value is -2.31. The van der Waals surface area contributed by atoms with Crippen molar-refractivity contribution in [1.29, 1.82) is 5.41 Å². The third kappa shape index (κ3) is 3.34. The standard InChI is InChI=1S/C11H9F3N2O2/c12-11(13,14)9(8(6-15)10(17)18)16-7-4-2-1-3-5-7/h1-6,15-16H,(H,17,18)/b9-8+,15-6?. The van der Waals surface area contributed by atoms with Gasteiger partial charge in [-0.1, -0.05) is 18.2 Å². The Labute approximate surface area is 100 Å². The smallest absolute Gasteiger partial charge is 0.432 e. The van der Waals surface area contributed by atoms with Crippen molar-refractivity contribution in [3.05, 3.63) is 41.6 Å². The number of nitrogens with one attached hydrogen (secondary N) is 2. The van der Waals surface area contributed by atoms with Crippen LogP contribution < -0.4 is 5.32 Å². The van der Waals surface area contributed by atoms with E-state index in [2.05, 4.69) is 0 Å². The van der Waals surface area contributed by atoms with Crippen molar-refractivity contribution >= 4 is 17.9 Å². The molecular formula is C11H9F3N2O2. The maximum atomic E-state index is 12.7. The Morgan fingerprint density at radius 2 is 1.83 bits per heavy atom. The van der Waals surface area contributed by atoms with Crippen LogP contribution in [0.1, 0.15) is 0 Å². The molecule has 0 aromatic heterocycles. The fourth-order valence-electron chi connectivity index (χ4n) is 1.20. The maximum absolute atomic E-state index is 12.7. The third-order valence-electron chi connectivity index (χ3n) is 1.97. The number of allylic oxidation sites excluding steroid dienone is 1. The Kier molecular flexibility index (Phi) is 4.09. The van der Waals surface area contributed by atoms with Gasteiger partial charge in [0.15, 0.2) is 0 Å². The van der Waals surface area contributed by atoms with Gasteiger partial charge in [-0.2, -0.15) is 13.2 Å². The summed E-state index contributed by atoms with van der Waals surface area (Å²) >= 11 is 0. The number of para-hydroxylation sites is 1. The zero-order valence-corrected chi connectivity index (χ0v) is 8.95. The topological polar surface area (TPSA) is 73.2 Å². The van der Waals surface area contributed by atoms with Crippen LogP contribution in [0.15, 0.2) is 41.6 Å². The Morgan fingerprint density at radius 1 is 1.28 bits per heavy atom. The lowest BCUT2D eigenvalue weighted by Gasteiger charge is -2.15. The Bertz CT molecular complexity index is 481. The van der Waals surface area contributed by atoms with Crippen molar-refractivity contribution in [2.45, 2.75) is 6.18 Å². The van der Waals surface area contributed by atoms with E-state index in [9.17, 15) is 18.0 Å². The van der Waals surface area contributed by atoms with Crippen molar-refractivity contribution in [2.75, 3.05) is 5.32 Å². The molecule has 0 atom stereocenters. The number of benzene rings is 1. The van der Waals surface area contributed by atoms with Crippen LogP contribution in [0.4, 0.5) is 18.9 Å². The van der Waals surface area contributed by atoms with Gasteiger partial charge in [0.2, 0.25) is 0 Å². The molecule has 18 heavy (non-hydrogen) atoms. The molecule has 1 aromatic carbocycles. The minimum absolute atomic E-state index is 0.0884. The number of anilines is 1. The molecule has 0 saturated heterocycles. The quantitative estimate of drug-likeness (QED) is 0.574. The number of hydrogen-bond acceptors (Lipinski definition) is 3. The van der Waals surface area contributed by atoms with Crippen molar-refractivity contribution in [2.24, 2.45) is 0 Å². The van der Waals surface area contributed by atoms with Crippen LogP contribution in [-0.2, 0) is 4.79 Å². The molecule has 0 aliphatic rings. The van der Waals surface area contributed by atoms with Crippen LogP contribution in [0.25, 0.3) is 0 Å². The van der Waals surface area contributed by atoms with Crippen molar-refractivity contribution in [3.8, 4) is 0 Å². The number of carbonyl (C=O) groups is 1. The molecule has 0 aliphatic heterocycles. The number of halogens is 3. The van der Waals surface area contributed by atoms with E-state index in [0.29, 0.717) is 0 Å². The van der Waals surface area contributed by atoms with Gasteiger partial charge in [-0.05, 0) is 12.1 Å². The first-order valence-corrected chi connectivity index (χ1v) is 4.73. The van der Waals surface area contributed by atoms with E-state index in [0.717, 1.165) is 0 Å².